The number of hydrogen-bond donors (Lipinski definition) is 0. The molecule has 0 aliphatic heterocycles. The lowest BCUT2D eigenvalue weighted by Crippen LogP contribution is -2.17. The first kappa shape index (κ1) is 29.9. The van der Waals surface area contributed by atoms with Crippen molar-refractivity contribution in [3.05, 3.63) is 174 Å². The molecule has 0 radical (unpaired) electrons. The summed E-state index contributed by atoms with van der Waals surface area (Å²) in [6, 6.07) is 53.8. The summed E-state index contributed by atoms with van der Waals surface area (Å²) in [6.07, 6.45) is 3.12. The molecule has 7 aromatic carbocycles. The third-order valence-electron chi connectivity index (χ3n) is 9.89. The van der Waals surface area contributed by atoms with Gasteiger partial charge in [-0.2, -0.15) is 0 Å². The molecule has 9 aromatic rings. The maximum atomic E-state index is 5.14. The molecular weight excluding hydrogens is 637 g/mol. The van der Waals surface area contributed by atoms with E-state index in [9.17, 15) is 0 Å². The van der Waals surface area contributed by atoms with Gasteiger partial charge in [-0.15, -0.1) is 0 Å². The third-order valence-corrected chi connectivity index (χ3v) is 9.89. The van der Waals surface area contributed by atoms with Gasteiger partial charge >= 0.3 is 0 Å². The molecule has 2 heterocycles. The first-order valence-electron chi connectivity index (χ1n) is 17.5. The largest absolute Gasteiger partial charge is 0.212 e. The average Bonchev–Trinajstić information content (AvgIpc) is 3.23. The van der Waals surface area contributed by atoms with Crippen LogP contribution < -0.4 is 5.22 Å². The van der Waals surface area contributed by atoms with Crippen molar-refractivity contribution in [2.24, 2.45) is 0 Å². The van der Waals surface area contributed by atoms with Gasteiger partial charge in [0.2, 0.25) is 0 Å². The van der Waals surface area contributed by atoms with Crippen molar-refractivity contribution < 1.29 is 0 Å². The highest BCUT2D eigenvalue weighted by atomic mass is 15.0. The van der Waals surface area contributed by atoms with Gasteiger partial charge < -0.3 is 0 Å². The molecule has 0 saturated heterocycles. The van der Waals surface area contributed by atoms with Crippen LogP contribution in [0.1, 0.15) is 23.7 Å². The van der Waals surface area contributed by atoms with Gasteiger partial charge in [0.05, 0.1) is 0 Å². The van der Waals surface area contributed by atoms with Crippen LogP contribution in [0, 0.1) is 0 Å². The van der Waals surface area contributed by atoms with E-state index in [1.54, 1.807) is 0 Å². The Labute approximate surface area is 300 Å². The maximum Gasteiger partial charge on any atom is 0.164 e. The van der Waals surface area contributed by atoms with Crippen LogP contribution in [0.3, 0.4) is 0 Å². The second-order valence-electron chi connectivity index (χ2n) is 13.0. The maximum absolute atomic E-state index is 5.14. The predicted molar refractivity (Wildman–Crippen MR) is 208 cm³/mol. The van der Waals surface area contributed by atoms with Gasteiger partial charge in [0.1, 0.15) is 5.82 Å². The Morgan fingerprint density at radius 2 is 0.846 bits per heavy atom. The highest BCUT2D eigenvalue weighted by molar-refractivity contribution is 6.16. The van der Waals surface area contributed by atoms with Crippen LogP contribution >= 0.6 is 0 Å². The predicted octanol–water partition coefficient (Wildman–Crippen LogP) is 9.73. The van der Waals surface area contributed by atoms with Crippen LogP contribution in [0.5, 0.6) is 0 Å². The van der Waals surface area contributed by atoms with Gasteiger partial charge in [0.15, 0.2) is 29.1 Å². The second-order valence-corrected chi connectivity index (χ2v) is 13.0. The van der Waals surface area contributed by atoms with E-state index in [0.29, 0.717) is 29.1 Å². The number of hydrogen-bond acceptors (Lipinski definition) is 6. The molecule has 0 amide bonds. The molecule has 1 unspecified atom stereocenters. The Kier molecular flexibility index (Phi) is 7.17. The molecule has 0 spiro atoms. The number of nitrogens with zero attached hydrogens (tertiary/aromatic N) is 6. The second kappa shape index (κ2) is 12.4. The van der Waals surface area contributed by atoms with E-state index >= 15 is 0 Å². The van der Waals surface area contributed by atoms with Crippen LogP contribution in [0.4, 0.5) is 0 Å². The molecule has 2 aromatic heterocycles. The van der Waals surface area contributed by atoms with E-state index in [-0.39, 0.29) is 5.92 Å². The lowest BCUT2D eigenvalue weighted by Gasteiger charge is -2.23. The lowest BCUT2D eigenvalue weighted by atomic mass is 9.82. The molecule has 1 atom stereocenters. The van der Waals surface area contributed by atoms with E-state index in [2.05, 4.69) is 66.7 Å². The van der Waals surface area contributed by atoms with E-state index < -0.39 is 0 Å². The van der Waals surface area contributed by atoms with Crippen molar-refractivity contribution >= 4 is 27.6 Å². The first-order chi connectivity index (χ1) is 25.8. The molecule has 0 N–H and O–H groups in total. The fourth-order valence-electron chi connectivity index (χ4n) is 7.38. The normalized spacial score (nSPS) is 13.7. The van der Waals surface area contributed by atoms with Gasteiger partial charge in [0, 0.05) is 33.7 Å². The van der Waals surface area contributed by atoms with Crippen LogP contribution in [-0.2, 0) is 0 Å². The molecule has 244 valence electrons. The Morgan fingerprint density at radius 3 is 1.37 bits per heavy atom. The third kappa shape index (κ3) is 5.20. The summed E-state index contributed by atoms with van der Waals surface area (Å²) in [5, 5.41) is 5.89. The van der Waals surface area contributed by atoms with Gasteiger partial charge in [-0.1, -0.05) is 158 Å². The first-order valence-corrected chi connectivity index (χ1v) is 17.5. The fraction of sp³-hybridized carbons (Fsp3) is 0.0435. The molecule has 0 saturated carbocycles. The number of aromatic nitrogens is 6. The standard InChI is InChI=1S/C46H30N6/c1-5-13-31(14-6-1)41-47-42(32-15-7-2-8-16-32)50-45(49-41)37-27-23-29-22-26-36-38(28-24-30-21-25-35(37)39(29)40(30)36)46-51-43(33-17-9-3-10-18-33)48-44(52-46)34-19-11-4-12-20-34/h1-27,38H,28H2. The van der Waals surface area contributed by atoms with Crippen LogP contribution in [0.15, 0.2) is 158 Å². The number of rotatable bonds is 6. The Hall–Kier alpha value is -6.92. The molecule has 6 heteroatoms. The van der Waals surface area contributed by atoms with E-state index in [0.717, 1.165) is 45.4 Å². The zero-order chi connectivity index (χ0) is 34.4. The zero-order valence-electron chi connectivity index (χ0n) is 28.1. The van der Waals surface area contributed by atoms with Crippen molar-refractivity contribution in [3.63, 3.8) is 0 Å². The molecule has 6 nitrogen and oxygen atoms in total. The van der Waals surface area contributed by atoms with E-state index in [1.807, 2.05) is 97.1 Å². The monoisotopic (exact) mass is 666 g/mol. The topological polar surface area (TPSA) is 77.3 Å². The highest BCUT2D eigenvalue weighted by Gasteiger charge is 2.26. The fourth-order valence-corrected chi connectivity index (χ4v) is 7.38. The van der Waals surface area contributed by atoms with Crippen molar-refractivity contribution in [2.75, 3.05) is 0 Å². The van der Waals surface area contributed by atoms with E-state index in [4.69, 9.17) is 29.9 Å². The summed E-state index contributed by atoms with van der Waals surface area (Å²) in [6.45, 7) is 0. The molecule has 52 heavy (non-hydrogen) atoms. The van der Waals surface area contributed by atoms with Crippen LogP contribution in [-0.4, -0.2) is 29.9 Å². The summed E-state index contributed by atoms with van der Waals surface area (Å²) < 4.78 is 0. The van der Waals surface area contributed by atoms with Crippen molar-refractivity contribution in [1.82, 2.24) is 29.9 Å². The summed E-state index contributed by atoms with van der Waals surface area (Å²) in [7, 11) is 0. The van der Waals surface area contributed by atoms with E-state index in [1.165, 1.54) is 26.9 Å². The summed E-state index contributed by atoms with van der Waals surface area (Å²) >= 11 is 0. The van der Waals surface area contributed by atoms with Crippen molar-refractivity contribution in [1.29, 1.82) is 0 Å². The van der Waals surface area contributed by atoms with Gasteiger partial charge in [-0.05, 0) is 44.8 Å². The summed E-state index contributed by atoms with van der Waals surface area (Å²) in [4.78, 5) is 30.3. The molecule has 1 aliphatic carbocycles. The lowest BCUT2D eigenvalue weighted by molar-refractivity contribution is 0.762. The quantitative estimate of drug-likeness (QED) is 0.176. The minimum Gasteiger partial charge on any atom is -0.212 e. The van der Waals surface area contributed by atoms with Gasteiger partial charge in [-0.25, -0.2) is 29.9 Å². The molecule has 0 bridgehead atoms. The summed E-state index contributed by atoms with van der Waals surface area (Å²) in [5.41, 5.74) is 6.00. The minimum atomic E-state index is -0.0503. The molecule has 10 rings (SSSR count). The number of benzene rings is 7. The molecular formula is C46H30N6. The van der Waals surface area contributed by atoms with Crippen LogP contribution in [0.25, 0.3) is 84.6 Å². The van der Waals surface area contributed by atoms with Crippen LogP contribution in [0.2, 0.25) is 0 Å². The smallest absolute Gasteiger partial charge is 0.164 e. The minimum absolute atomic E-state index is 0.0503. The van der Waals surface area contributed by atoms with Gasteiger partial charge in [0.25, 0.3) is 0 Å². The SMILES string of the molecule is C1=c2ccc3c(-c4nc(-c5ccccc5)nc(-c5ccccc5)n4)ccc4ccc(c2c43)C(c2nc(-c3ccccc3)nc(-c3ccccc3)n2)C1. The highest BCUT2D eigenvalue weighted by Crippen LogP contribution is 2.40. The van der Waals surface area contributed by atoms with Crippen molar-refractivity contribution in [2.45, 2.75) is 12.3 Å². The molecule has 0 fully saturated rings. The Morgan fingerprint density at radius 1 is 0.385 bits per heavy atom. The average molecular weight is 667 g/mol. The molecule has 1 aliphatic rings. The van der Waals surface area contributed by atoms with Crippen molar-refractivity contribution in [3.8, 4) is 56.9 Å². The Bertz CT molecular complexity index is 2690. The summed E-state index contributed by atoms with van der Waals surface area (Å²) in [5.74, 6) is 4.00. The zero-order valence-corrected chi connectivity index (χ0v) is 28.1. The van der Waals surface area contributed by atoms with Gasteiger partial charge in [-0.3, -0.25) is 0 Å². The Balaban J connectivity index is 1.17.